The van der Waals surface area contributed by atoms with Crippen LogP contribution in [0.1, 0.15) is 60.3 Å². The van der Waals surface area contributed by atoms with Gasteiger partial charge in [0.2, 0.25) is 11.8 Å². The van der Waals surface area contributed by atoms with Gasteiger partial charge in [-0.2, -0.15) is 0 Å². The predicted octanol–water partition coefficient (Wildman–Crippen LogP) is 2.45. The minimum Gasteiger partial charge on any atom is -0.465 e. The molecule has 8 heteroatoms. The number of carbonyl (C=O) groups excluding carboxylic acids is 3. The minimum atomic E-state index is -1.32. The highest BCUT2D eigenvalue weighted by atomic mass is 16.6. The van der Waals surface area contributed by atoms with Crippen LogP contribution in [0.5, 0.6) is 0 Å². The van der Waals surface area contributed by atoms with E-state index >= 15 is 0 Å². The third kappa shape index (κ3) is 4.22. The van der Waals surface area contributed by atoms with Gasteiger partial charge < -0.3 is 24.4 Å². The Morgan fingerprint density at radius 2 is 1.80 bits per heavy atom. The van der Waals surface area contributed by atoms with Crippen molar-refractivity contribution in [3.63, 3.8) is 0 Å². The first-order valence-electron chi connectivity index (χ1n) is 13.0. The summed E-state index contributed by atoms with van der Waals surface area (Å²) in [6.45, 7) is 10.2. The molecule has 0 aromatic heterocycles. The van der Waals surface area contributed by atoms with Crippen LogP contribution in [0.25, 0.3) is 0 Å². The predicted molar refractivity (Wildman–Crippen MR) is 130 cm³/mol. The van der Waals surface area contributed by atoms with E-state index in [2.05, 4.69) is 0 Å². The van der Waals surface area contributed by atoms with E-state index in [1.807, 2.05) is 58.9 Å². The lowest BCUT2D eigenvalue weighted by molar-refractivity contribution is -0.162. The number of ether oxygens (including phenoxy) is 2. The number of fused-ring (bicyclic) bond motifs is 2. The summed E-state index contributed by atoms with van der Waals surface area (Å²) in [5, 5.41) is 10.3. The second kappa shape index (κ2) is 9.69. The van der Waals surface area contributed by atoms with E-state index in [1.54, 1.807) is 4.90 Å². The Morgan fingerprint density at radius 1 is 1.06 bits per heavy atom. The lowest BCUT2D eigenvalue weighted by Gasteiger charge is -2.41. The number of amides is 2. The van der Waals surface area contributed by atoms with E-state index in [0.717, 1.165) is 19.3 Å². The maximum absolute atomic E-state index is 14.3. The number of nitrogens with zero attached hydrogens (tertiary/aromatic N) is 2. The zero-order valence-corrected chi connectivity index (χ0v) is 21.6. The van der Waals surface area contributed by atoms with Crippen LogP contribution in [0.2, 0.25) is 0 Å². The van der Waals surface area contributed by atoms with Crippen molar-refractivity contribution in [3.8, 4) is 0 Å². The van der Waals surface area contributed by atoms with E-state index in [1.165, 1.54) is 4.90 Å². The summed E-state index contributed by atoms with van der Waals surface area (Å²) in [4.78, 5) is 45.1. The number of rotatable bonds is 5. The molecule has 194 valence electrons. The highest BCUT2D eigenvalue weighted by Gasteiger charge is 2.75. The average molecular weight is 489 g/mol. The summed E-state index contributed by atoms with van der Waals surface area (Å²) in [6.07, 6.45) is 10.6. The first kappa shape index (κ1) is 25.9. The van der Waals surface area contributed by atoms with Crippen LogP contribution in [-0.2, 0) is 23.9 Å². The van der Waals surface area contributed by atoms with Gasteiger partial charge in [0.25, 0.3) is 0 Å². The Balaban J connectivity index is 1.89. The molecule has 1 N–H and O–H groups in total. The molecule has 4 aliphatic rings. The van der Waals surface area contributed by atoms with Gasteiger partial charge in [0, 0.05) is 12.6 Å². The van der Waals surface area contributed by atoms with Crippen molar-refractivity contribution in [1.82, 2.24) is 9.80 Å². The SMILES string of the molecule is CC(C)C[C@H](CO)N1C(=O)[C@@H]2[C@H]3C(=O)OCCCC/C=C\[C@@]3(C)O[C@@]23C=CCN(C(C)C)C(=O)C13. The van der Waals surface area contributed by atoms with Gasteiger partial charge in [-0.3, -0.25) is 14.4 Å². The standard InChI is InChI=1S/C27H40N2O6/c1-17(2)15-19(16-30)29-22-24(32)28(18(3)4)13-10-12-27(22)20(23(29)31)21-25(33)34-14-9-7-6-8-11-26(21,5)35-27/h8,10-12,17-22,30H,6-7,9,13-16H2,1-5H3/b11-8-/t19-,20+,21+,22?,26-,27+/m1/s1. The molecule has 4 aliphatic heterocycles. The van der Waals surface area contributed by atoms with Gasteiger partial charge in [0.15, 0.2) is 0 Å². The van der Waals surface area contributed by atoms with Crippen LogP contribution in [-0.4, -0.2) is 81.8 Å². The molecule has 2 amide bonds. The minimum absolute atomic E-state index is 0.0847. The fourth-order valence-electron chi connectivity index (χ4n) is 6.43. The summed E-state index contributed by atoms with van der Waals surface area (Å²) < 4.78 is 12.4. The van der Waals surface area contributed by atoms with Crippen molar-refractivity contribution in [2.75, 3.05) is 19.8 Å². The van der Waals surface area contributed by atoms with Crippen molar-refractivity contribution in [2.45, 2.75) is 89.6 Å². The molecule has 4 heterocycles. The van der Waals surface area contributed by atoms with Crippen LogP contribution < -0.4 is 0 Å². The second-order valence-electron chi connectivity index (χ2n) is 11.3. The number of cyclic esters (lactones) is 1. The third-order valence-electron chi connectivity index (χ3n) is 7.94. The second-order valence-corrected chi connectivity index (χ2v) is 11.3. The normalized spacial score (nSPS) is 37.1. The Labute approximate surface area is 208 Å². The molecule has 0 aromatic rings. The molecule has 1 spiro atoms. The average Bonchev–Trinajstić information content (AvgIpc) is 3.11. The lowest BCUT2D eigenvalue weighted by atomic mass is 9.74. The van der Waals surface area contributed by atoms with Crippen molar-refractivity contribution in [3.05, 3.63) is 24.3 Å². The number of allylic oxidation sites excluding steroid dienone is 1. The highest BCUT2D eigenvalue weighted by molar-refractivity contribution is 5.99. The summed E-state index contributed by atoms with van der Waals surface area (Å²) in [6, 6.07) is -1.60. The molecular weight excluding hydrogens is 448 g/mol. The summed E-state index contributed by atoms with van der Waals surface area (Å²) in [7, 11) is 0. The maximum atomic E-state index is 14.3. The molecule has 35 heavy (non-hydrogen) atoms. The van der Waals surface area contributed by atoms with Crippen LogP contribution in [0.4, 0.5) is 0 Å². The van der Waals surface area contributed by atoms with Gasteiger partial charge >= 0.3 is 5.97 Å². The van der Waals surface area contributed by atoms with Gasteiger partial charge in [-0.25, -0.2) is 0 Å². The molecule has 2 fully saturated rings. The number of aliphatic hydroxyl groups excluding tert-OH is 1. The van der Waals surface area contributed by atoms with Gasteiger partial charge in [-0.05, 0) is 52.4 Å². The summed E-state index contributed by atoms with van der Waals surface area (Å²) in [5.41, 5.74) is -2.41. The van der Waals surface area contributed by atoms with Crippen molar-refractivity contribution in [1.29, 1.82) is 0 Å². The van der Waals surface area contributed by atoms with E-state index in [9.17, 15) is 19.5 Å². The molecule has 0 saturated carbocycles. The number of esters is 1. The van der Waals surface area contributed by atoms with Crippen LogP contribution >= 0.6 is 0 Å². The zero-order chi connectivity index (χ0) is 25.5. The summed E-state index contributed by atoms with van der Waals surface area (Å²) in [5.74, 6) is -2.62. The van der Waals surface area contributed by atoms with Crippen molar-refractivity contribution < 1.29 is 29.0 Å². The Hall–Kier alpha value is -2.19. The van der Waals surface area contributed by atoms with E-state index in [0.29, 0.717) is 19.6 Å². The zero-order valence-electron chi connectivity index (χ0n) is 21.6. The molecule has 4 rings (SSSR count). The van der Waals surface area contributed by atoms with Gasteiger partial charge in [0.1, 0.15) is 17.6 Å². The largest absolute Gasteiger partial charge is 0.465 e. The summed E-state index contributed by atoms with van der Waals surface area (Å²) >= 11 is 0. The molecule has 0 aliphatic carbocycles. The molecular formula is C27H40N2O6. The Morgan fingerprint density at radius 3 is 2.46 bits per heavy atom. The van der Waals surface area contributed by atoms with Crippen LogP contribution in [0.3, 0.4) is 0 Å². The molecule has 0 aromatic carbocycles. The third-order valence-corrected chi connectivity index (χ3v) is 7.94. The van der Waals surface area contributed by atoms with Crippen LogP contribution in [0, 0.1) is 17.8 Å². The lowest BCUT2D eigenvalue weighted by Crippen LogP contribution is -2.59. The first-order chi connectivity index (χ1) is 16.6. The number of hydrogen-bond donors (Lipinski definition) is 1. The molecule has 6 atom stereocenters. The number of likely N-dealkylation sites (tertiary alicyclic amines) is 1. The molecule has 2 saturated heterocycles. The maximum Gasteiger partial charge on any atom is 0.313 e. The van der Waals surface area contributed by atoms with E-state index in [-0.39, 0.29) is 30.4 Å². The quantitative estimate of drug-likeness (QED) is 0.472. The van der Waals surface area contributed by atoms with Crippen molar-refractivity contribution >= 4 is 17.8 Å². The topological polar surface area (TPSA) is 96.4 Å². The van der Waals surface area contributed by atoms with Crippen molar-refractivity contribution in [2.24, 2.45) is 17.8 Å². The van der Waals surface area contributed by atoms with Gasteiger partial charge in [-0.15, -0.1) is 0 Å². The fraction of sp³-hybridized carbons (Fsp3) is 0.741. The monoisotopic (exact) mass is 488 g/mol. The first-order valence-corrected chi connectivity index (χ1v) is 13.0. The Kier molecular flexibility index (Phi) is 7.17. The molecule has 8 nitrogen and oxygen atoms in total. The van der Waals surface area contributed by atoms with Crippen LogP contribution in [0.15, 0.2) is 24.3 Å². The Bertz CT molecular complexity index is 913. The number of hydrogen-bond acceptors (Lipinski definition) is 6. The van der Waals surface area contributed by atoms with E-state index < -0.39 is 41.1 Å². The highest BCUT2D eigenvalue weighted by Crippen LogP contribution is 2.57. The fourth-order valence-corrected chi connectivity index (χ4v) is 6.43. The van der Waals surface area contributed by atoms with Gasteiger partial charge in [-0.1, -0.05) is 38.2 Å². The van der Waals surface area contributed by atoms with Gasteiger partial charge in [0.05, 0.1) is 30.8 Å². The molecule has 0 bridgehead atoms. The molecule has 1 unspecified atom stereocenters. The number of carbonyl (C=O) groups is 3. The smallest absolute Gasteiger partial charge is 0.313 e. The number of aliphatic hydroxyl groups is 1. The molecule has 0 radical (unpaired) electrons. The van der Waals surface area contributed by atoms with E-state index in [4.69, 9.17) is 9.47 Å².